The van der Waals surface area contributed by atoms with E-state index in [1.807, 2.05) is 42.5 Å². The van der Waals surface area contributed by atoms with Gasteiger partial charge >= 0.3 is 0 Å². The van der Waals surface area contributed by atoms with Crippen LogP contribution in [0.15, 0.2) is 83.8 Å². The number of para-hydroxylation sites is 1. The maximum atomic E-state index is 13.5. The normalized spacial score (nSPS) is 13.7. The second kappa shape index (κ2) is 9.10. The number of anilines is 1. The van der Waals surface area contributed by atoms with E-state index in [4.69, 9.17) is 9.47 Å². The lowest BCUT2D eigenvalue weighted by atomic mass is 10.0. The fourth-order valence-corrected chi connectivity index (χ4v) is 4.51. The number of benzene rings is 3. The SMILES string of the molecule is COc1cccc(N2C(=O)C(SCc3ccccc3)=C(c3ccccc3OC)C2=O)c1. The van der Waals surface area contributed by atoms with Crippen LogP contribution in [0.1, 0.15) is 11.1 Å². The third-order valence-corrected chi connectivity index (χ3v) is 6.10. The average Bonchev–Trinajstić information content (AvgIpc) is 3.07. The topological polar surface area (TPSA) is 55.8 Å². The molecular weight excluding hydrogens is 410 g/mol. The van der Waals surface area contributed by atoms with Crippen molar-refractivity contribution < 1.29 is 19.1 Å². The molecule has 31 heavy (non-hydrogen) atoms. The van der Waals surface area contributed by atoms with Crippen LogP contribution in [0.4, 0.5) is 5.69 Å². The van der Waals surface area contributed by atoms with Crippen molar-refractivity contribution in [3.05, 3.63) is 94.9 Å². The molecule has 3 aromatic rings. The van der Waals surface area contributed by atoms with Gasteiger partial charge in [0, 0.05) is 17.4 Å². The van der Waals surface area contributed by atoms with Crippen molar-refractivity contribution in [2.75, 3.05) is 19.1 Å². The Morgan fingerprint density at radius 3 is 2.29 bits per heavy atom. The van der Waals surface area contributed by atoms with Crippen LogP contribution >= 0.6 is 11.8 Å². The van der Waals surface area contributed by atoms with Gasteiger partial charge in [0.25, 0.3) is 11.8 Å². The molecule has 0 unspecified atom stereocenters. The van der Waals surface area contributed by atoms with Crippen molar-refractivity contribution in [1.82, 2.24) is 0 Å². The summed E-state index contributed by atoms with van der Waals surface area (Å²) < 4.78 is 10.8. The fourth-order valence-electron chi connectivity index (χ4n) is 3.45. The van der Waals surface area contributed by atoms with Crippen LogP contribution in [-0.4, -0.2) is 26.0 Å². The lowest BCUT2D eigenvalue weighted by molar-refractivity contribution is -0.119. The van der Waals surface area contributed by atoms with E-state index in [0.29, 0.717) is 39.0 Å². The molecule has 0 fully saturated rings. The van der Waals surface area contributed by atoms with Gasteiger partial charge in [0.05, 0.1) is 30.4 Å². The summed E-state index contributed by atoms with van der Waals surface area (Å²) in [5.41, 5.74) is 2.49. The zero-order chi connectivity index (χ0) is 21.8. The first-order chi connectivity index (χ1) is 15.1. The van der Waals surface area contributed by atoms with Crippen LogP contribution in [-0.2, 0) is 15.3 Å². The number of hydrogen-bond acceptors (Lipinski definition) is 5. The third-order valence-electron chi connectivity index (χ3n) is 4.96. The minimum atomic E-state index is -0.377. The Kier molecular flexibility index (Phi) is 6.09. The van der Waals surface area contributed by atoms with E-state index < -0.39 is 0 Å². The monoisotopic (exact) mass is 431 g/mol. The van der Waals surface area contributed by atoms with Crippen molar-refractivity contribution in [3.63, 3.8) is 0 Å². The van der Waals surface area contributed by atoms with E-state index in [0.717, 1.165) is 5.56 Å². The van der Waals surface area contributed by atoms with Gasteiger partial charge in [0.1, 0.15) is 11.5 Å². The second-order valence-electron chi connectivity index (χ2n) is 6.83. The highest BCUT2D eigenvalue weighted by atomic mass is 32.2. The molecule has 0 bridgehead atoms. The van der Waals surface area contributed by atoms with Crippen LogP contribution in [0.5, 0.6) is 11.5 Å². The van der Waals surface area contributed by atoms with Crippen molar-refractivity contribution in [2.24, 2.45) is 0 Å². The zero-order valence-electron chi connectivity index (χ0n) is 17.2. The van der Waals surface area contributed by atoms with E-state index >= 15 is 0 Å². The number of imide groups is 1. The number of amides is 2. The van der Waals surface area contributed by atoms with Crippen molar-refractivity contribution in [1.29, 1.82) is 0 Å². The largest absolute Gasteiger partial charge is 0.497 e. The molecule has 0 saturated heterocycles. The molecule has 5 nitrogen and oxygen atoms in total. The van der Waals surface area contributed by atoms with Gasteiger partial charge in [-0.25, -0.2) is 4.90 Å². The summed E-state index contributed by atoms with van der Waals surface area (Å²) >= 11 is 1.36. The van der Waals surface area contributed by atoms with Crippen molar-refractivity contribution in [3.8, 4) is 11.5 Å². The van der Waals surface area contributed by atoms with Crippen LogP contribution in [0.3, 0.4) is 0 Å². The van der Waals surface area contributed by atoms with Gasteiger partial charge in [-0.1, -0.05) is 54.6 Å². The van der Waals surface area contributed by atoms with Gasteiger partial charge < -0.3 is 9.47 Å². The number of ether oxygens (including phenoxy) is 2. The number of rotatable bonds is 7. The number of hydrogen-bond donors (Lipinski definition) is 0. The van der Waals surface area contributed by atoms with Crippen molar-refractivity contribution in [2.45, 2.75) is 5.75 Å². The summed E-state index contributed by atoms with van der Waals surface area (Å²) in [6.07, 6.45) is 0. The lowest BCUT2D eigenvalue weighted by Crippen LogP contribution is -2.31. The highest BCUT2D eigenvalue weighted by Crippen LogP contribution is 2.42. The summed E-state index contributed by atoms with van der Waals surface area (Å²) in [6, 6.07) is 24.0. The third kappa shape index (κ3) is 4.07. The fraction of sp³-hybridized carbons (Fsp3) is 0.120. The Morgan fingerprint density at radius 2 is 1.55 bits per heavy atom. The van der Waals surface area contributed by atoms with E-state index in [2.05, 4.69) is 0 Å². The Hall–Kier alpha value is -3.51. The highest BCUT2D eigenvalue weighted by molar-refractivity contribution is 8.03. The lowest BCUT2D eigenvalue weighted by Gasteiger charge is -2.16. The Labute approximate surface area is 185 Å². The average molecular weight is 432 g/mol. The summed E-state index contributed by atoms with van der Waals surface area (Å²) in [5, 5.41) is 0. The predicted molar refractivity (Wildman–Crippen MR) is 123 cm³/mol. The molecule has 1 aliphatic rings. The summed E-state index contributed by atoms with van der Waals surface area (Å²) in [6.45, 7) is 0. The number of methoxy groups -OCH3 is 2. The molecule has 0 saturated carbocycles. The molecule has 0 aliphatic carbocycles. The van der Waals surface area contributed by atoms with Gasteiger partial charge in [-0.15, -0.1) is 11.8 Å². The quantitative estimate of drug-likeness (QED) is 0.497. The second-order valence-corrected chi connectivity index (χ2v) is 7.81. The molecule has 2 amide bonds. The summed E-state index contributed by atoms with van der Waals surface area (Å²) in [4.78, 5) is 28.6. The molecule has 4 rings (SSSR count). The Balaban J connectivity index is 1.78. The maximum Gasteiger partial charge on any atom is 0.272 e. The maximum absolute atomic E-state index is 13.5. The molecule has 0 radical (unpaired) electrons. The van der Waals surface area contributed by atoms with Gasteiger partial charge in [-0.2, -0.15) is 0 Å². The summed E-state index contributed by atoms with van der Waals surface area (Å²) in [7, 11) is 3.10. The van der Waals surface area contributed by atoms with Crippen molar-refractivity contribution >= 4 is 34.8 Å². The van der Waals surface area contributed by atoms with E-state index in [1.165, 1.54) is 16.7 Å². The van der Waals surface area contributed by atoms with Crippen LogP contribution in [0.2, 0.25) is 0 Å². The molecule has 1 heterocycles. The van der Waals surface area contributed by atoms with Gasteiger partial charge in [0.15, 0.2) is 0 Å². The zero-order valence-corrected chi connectivity index (χ0v) is 18.0. The molecule has 3 aromatic carbocycles. The molecule has 6 heteroatoms. The number of nitrogens with zero attached hydrogens (tertiary/aromatic N) is 1. The first-order valence-corrected chi connectivity index (χ1v) is 10.7. The standard InChI is InChI=1S/C25H21NO4S/c1-29-19-12-8-11-18(15-19)26-24(27)22(20-13-6-7-14-21(20)30-2)23(25(26)28)31-16-17-9-4-3-5-10-17/h3-15H,16H2,1-2H3. The minimum absolute atomic E-state index is 0.347. The van der Waals surface area contributed by atoms with Gasteiger partial charge in [0.2, 0.25) is 0 Å². The number of carbonyl (C=O) groups is 2. The van der Waals surface area contributed by atoms with Crippen LogP contribution < -0.4 is 14.4 Å². The van der Waals surface area contributed by atoms with Crippen LogP contribution in [0.25, 0.3) is 5.57 Å². The predicted octanol–water partition coefficient (Wildman–Crippen LogP) is 4.92. The van der Waals surface area contributed by atoms with E-state index in [1.54, 1.807) is 50.6 Å². The minimum Gasteiger partial charge on any atom is -0.497 e. The Bertz CT molecular complexity index is 1160. The molecule has 0 N–H and O–H groups in total. The number of carbonyl (C=O) groups excluding carboxylic acids is 2. The van der Waals surface area contributed by atoms with E-state index in [-0.39, 0.29) is 11.8 Å². The smallest absolute Gasteiger partial charge is 0.272 e. The van der Waals surface area contributed by atoms with Gasteiger partial charge in [-0.05, 0) is 23.8 Å². The highest BCUT2D eigenvalue weighted by Gasteiger charge is 2.41. The van der Waals surface area contributed by atoms with Crippen LogP contribution in [0, 0.1) is 0 Å². The number of thioether (sulfide) groups is 1. The molecule has 156 valence electrons. The first-order valence-electron chi connectivity index (χ1n) is 9.71. The molecule has 0 spiro atoms. The van der Waals surface area contributed by atoms with E-state index in [9.17, 15) is 9.59 Å². The van der Waals surface area contributed by atoms with Gasteiger partial charge in [-0.3, -0.25) is 9.59 Å². The molecular formula is C25H21NO4S. The first kappa shape index (κ1) is 20.8. The molecule has 0 aromatic heterocycles. The molecule has 0 atom stereocenters. The summed E-state index contributed by atoms with van der Waals surface area (Å²) in [5.74, 6) is 0.962. The Morgan fingerprint density at radius 1 is 0.806 bits per heavy atom. The molecule has 1 aliphatic heterocycles.